The molecule has 1 aromatic carbocycles. The number of hydrogen-bond donors (Lipinski definition) is 0. The van der Waals surface area contributed by atoms with E-state index in [0.717, 1.165) is 6.54 Å². The van der Waals surface area contributed by atoms with Crippen molar-refractivity contribution in [2.75, 3.05) is 0 Å². The summed E-state index contributed by atoms with van der Waals surface area (Å²) >= 11 is 0. The summed E-state index contributed by atoms with van der Waals surface area (Å²) in [5.41, 5.74) is 6.61. The van der Waals surface area contributed by atoms with Crippen molar-refractivity contribution in [2.24, 2.45) is 0 Å². The quantitative estimate of drug-likeness (QED) is 0.672. The molecule has 0 aliphatic rings. The average Bonchev–Trinajstić information content (AvgIpc) is 2.67. The van der Waals surface area contributed by atoms with Gasteiger partial charge in [0, 0.05) is 23.8 Å². The maximum absolute atomic E-state index is 4.27. The highest BCUT2D eigenvalue weighted by Crippen LogP contribution is 2.25. The number of rotatable bonds is 2. The Labute approximate surface area is 113 Å². The summed E-state index contributed by atoms with van der Waals surface area (Å²) in [5, 5.41) is 1.31. The van der Waals surface area contributed by atoms with Crippen LogP contribution in [0.1, 0.15) is 22.4 Å². The summed E-state index contributed by atoms with van der Waals surface area (Å²) in [5.74, 6) is 0. The fraction of sp³-hybridized carbons (Fsp3) is 0.235. The van der Waals surface area contributed by atoms with Crippen LogP contribution in [0.15, 0.2) is 42.7 Å². The number of hydrogen-bond acceptors (Lipinski definition) is 1. The van der Waals surface area contributed by atoms with Crippen molar-refractivity contribution < 1.29 is 0 Å². The van der Waals surface area contributed by atoms with Crippen LogP contribution in [0.25, 0.3) is 10.9 Å². The van der Waals surface area contributed by atoms with Crippen LogP contribution < -0.4 is 0 Å². The van der Waals surface area contributed by atoms with Gasteiger partial charge in [0.1, 0.15) is 0 Å². The zero-order valence-corrected chi connectivity index (χ0v) is 11.6. The van der Waals surface area contributed by atoms with Gasteiger partial charge in [0.15, 0.2) is 0 Å². The highest BCUT2D eigenvalue weighted by atomic mass is 15.0. The Morgan fingerprint density at radius 1 is 1.05 bits per heavy atom. The van der Waals surface area contributed by atoms with Gasteiger partial charge >= 0.3 is 0 Å². The number of aryl methyl sites for hydroxylation is 2. The molecule has 0 aliphatic carbocycles. The summed E-state index contributed by atoms with van der Waals surface area (Å²) < 4.78 is 2.36. The van der Waals surface area contributed by atoms with Crippen molar-refractivity contribution in [1.29, 1.82) is 0 Å². The van der Waals surface area contributed by atoms with E-state index in [1.54, 1.807) is 0 Å². The maximum atomic E-state index is 4.27. The first-order valence-electron chi connectivity index (χ1n) is 6.62. The normalized spacial score (nSPS) is 11.1. The lowest BCUT2D eigenvalue weighted by molar-refractivity contribution is 0.794. The molecule has 2 aromatic heterocycles. The fourth-order valence-corrected chi connectivity index (χ4v) is 2.66. The molecule has 3 rings (SSSR count). The number of nitrogens with zero attached hydrogens (tertiary/aromatic N) is 2. The third kappa shape index (κ3) is 1.93. The number of pyridine rings is 1. The Balaban J connectivity index is 2.16. The van der Waals surface area contributed by atoms with Gasteiger partial charge < -0.3 is 4.57 Å². The van der Waals surface area contributed by atoms with E-state index < -0.39 is 0 Å². The summed E-state index contributed by atoms with van der Waals surface area (Å²) in [6.45, 7) is 7.45. The van der Waals surface area contributed by atoms with Gasteiger partial charge in [-0.1, -0.05) is 24.3 Å². The second kappa shape index (κ2) is 4.54. The van der Waals surface area contributed by atoms with E-state index >= 15 is 0 Å². The van der Waals surface area contributed by atoms with Crippen LogP contribution in [0.4, 0.5) is 0 Å². The predicted molar refractivity (Wildman–Crippen MR) is 79.5 cm³/mol. The van der Waals surface area contributed by atoms with E-state index in [-0.39, 0.29) is 0 Å². The monoisotopic (exact) mass is 250 g/mol. The van der Waals surface area contributed by atoms with E-state index in [1.165, 1.54) is 33.3 Å². The topological polar surface area (TPSA) is 17.8 Å². The SMILES string of the molecule is Cc1ccccc1Cn1c(C)c(C)c2ccncc21. The molecule has 0 saturated carbocycles. The average molecular weight is 250 g/mol. The molecule has 0 N–H and O–H groups in total. The molecule has 0 bridgehead atoms. The Bertz CT molecular complexity index is 738. The number of aromatic nitrogens is 2. The van der Waals surface area contributed by atoms with Crippen molar-refractivity contribution in [3.8, 4) is 0 Å². The second-order valence-corrected chi connectivity index (χ2v) is 5.12. The first kappa shape index (κ1) is 12.0. The fourth-order valence-electron chi connectivity index (χ4n) is 2.66. The highest BCUT2D eigenvalue weighted by molar-refractivity contribution is 5.84. The molecule has 3 aromatic rings. The summed E-state index contributed by atoms with van der Waals surface area (Å²) in [6.07, 6.45) is 3.83. The molecule has 0 unspecified atom stereocenters. The van der Waals surface area contributed by atoms with Crippen LogP contribution in [0.5, 0.6) is 0 Å². The van der Waals surface area contributed by atoms with E-state index in [1.807, 2.05) is 12.4 Å². The Morgan fingerprint density at radius 2 is 1.84 bits per heavy atom. The smallest absolute Gasteiger partial charge is 0.0674 e. The van der Waals surface area contributed by atoms with Crippen LogP contribution in [0.2, 0.25) is 0 Å². The molecule has 0 aliphatic heterocycles. The molecule has 0 amide bonds. The van der Waals surface area contributed by atoms with Crippen molar-refractivity contribution in [1.82, 2.24) is 9.55 Å². The van der Waals surface area contributed by atoms with Gasteiger partial charge in [-0.2, -0.15) is 0 Å². The minimum atomic E-state index is 0.911. The van der Waals surface area contributed by atoms with E-state index in [0.29, 0.717) is 0 Å². The summed E-state index contributed by atoms with van der Waals surface area (Å²) in [6, 6.07) is 10.7. The van der Waals surface area contributed by atoms with Crippen LogP contribution >= 0.6 is 0 Å². The predicted octanol–water partition coefficient (Wildman–Crippen LogP) is 4.01. The minimum absolute atomic E-state index is 0.911. The zero-order valence-electron chi connectivity index (χ0n) is 11.6. The first-order chi connectivity index (χ1) is 9.18. The maximum Gasteiger partial charge on any atom is 0.0674 e. The summed E-state index contributed by atoms with van der Waals surface area (Å²) in [7, 11) is 0. The Morgan fingerprint density at radius 3 is 2.63 bits per heavy atom. The Kier molecular flexibility index (Phi) is 2.86. The lowest BCUT2D eigenvalue weighted by Crippen LogP contribution is -2.03. The van der Waals surface area contributed by atoms with Crippen LogP contribution in [-0.4, -0.2) is 9.55 Å². The minimum Gasteiger partial charge on any atom is -0.339 e. The van der Waals surface area contributed by atoms with Gasteiger partial charge in [-0.15, -0.1) is 0 Å². The lowest BCUT2D eigenvalue weighted by Gasteiger charge is -2.10. The molecule has 19 heavy (non-hydrogen) atoms. The molecule has 0 radical (unpaired) electrons. The molecule has 0 spiro atoms. The molecular weight excluding hydrogens is 232 g/mol. The van der Waals surface area contributed by atoms with Gasteiger partial charge in [-0.3, -0.25) is 4.98 Å². The van der Waals surface area contributed by atoms with Crippen LogP contribution in [0.3, 0.4) is 0 Å². The Hall–Kier alpha value is -2.09. The largest absolute Gasteiger partial charge is 0.339 e. The summed E-state index contributed by atoms with van der Waals surface area (Å²) in [4.78, 5) is 4.27. The van der Waals surface area contributed by atoms with E-state index in [2.05, 4.69) is 60.7 Å². The molecule has 2 heterocycles. The van der Waals surface area contributed by atoms with Crippen LogP contribution in [0, 0.1) is 20.8 Å². The molecule has 0 atom stereocenters. The molecule has 96 valence electrons. The third-order valence-electron chi connectivity index (χ3n) is 4.03. The van der Waals surface area contributed by atoms with Gasteiger partial charge in [0.05, 0.1) is 11.7 Å². The first-order valence-corrected chi connectivity index (χ1v) is 6.62. The molecule has 2 nitrogen and oxygen atoms in total. The van der Waals surface area contributed by atoms with Crippen molar-refractivity contribution in [2.45, 2.75) is 27.3 Å². The lowest BCUT2D eigenvalue weighted by atomic mass is 10.1. The van der Waals surface area contributed by atoms with Crippen molar-refractivity contribution >= 4 is 10.9 Å². The van der Waals surface area contributed by atoms with E-state index in [4.69, 9.17) is 0 Å². The highest BCUT2D eigenvalue weighted by Gasteiger charge is 2.11. The molecular formula is C17H18N2. The van der Waals surface area contributed by atoms with Gasteiger partial charge in [0.25, 0.3) is 0 Å². The van der Waals surface area contributed by atoms with Crippen molar-refractivity contribution in [3.05, 3.63) is 65.1 Å². The second-order valence-electron chi connectivity index (χ2n) is 5.12. The third-order valence-corrected chi connectivity index (χ3v) is 4.03. The van der Waals surface area contributed by atoms with Crippen LogP contribution in [-0.2, 0) is 6.54 Å². The molecule has 2 heteroatoms. The van der Waals surface area contributed by atoms with Gasteiger partial charge in [0.2, 0.25) is 0 Å². The van der Waals surface area contributed by atoms with Gasteiger partial charge in [-0.25, -0.2) is 0 Å². The van der Waals surface area contributed by atoms with Crippen molar-refractivity contribution in [3.63, 3.8) is 0 Å². The zero-order chi connectivity index (χ0) is 13.4. The number of fused-ring (bicyclic) bond motifs is 1. The number of benzene rings is 1. The molecule has 0 saturated heterocycles. The van der Waals surface area contributed by atoms with Gasteiger partial charge in [-0.05, 0) is 43.5 Å². The van der Waals surface area contributed by atoms with E-state index in [9.17, 15) is 0 Å². The standard InChI is InChI=1S/C17H18N2/c1-12-6-4-5-7-15(12)11-19-14(3)13(2)16-8-9-18-10-17(16)19/h4-10H,11H2,1-3H3. The molecule has 0 fully saturated rings.